The maximum Gasteiger partial charge on any atom is 0.251 e. The van der Waals surface area contributed by atoms with Crippen LogP contribution >= 0.6 is 0 Å². The Bertz CT molecular complexity index is 481. The van der Waals surface area contributed by atoms with Gasteiger partial charge in [0, 0.05) is 24.3 Å². The standard InChI is InChI=1S/C17H27N3O/c1-4-8-18-16-11-14(10-15(20-16)12(2)3)17(21)19-9-7-13-5-6-13/h10-13H,4-9H2,1-3H3,(H,18,20)(H,19,21). The summed E-state index contributed by atoms with van der Waals surface area (Å²) in [5.74, 6) is 1.97. The molecule has 2 N–H and O–H groups in total. The van der Waals surface area contributed by atoms with Gasteiger partial charge in [0.25, 0.3) is 5.91 Å². The summed E-state index contributed by atoms with van der Waals surface area (Å²) in [7, 11) is 0. The van der Waals surface area contributed by atoms with Gasteiger partial charge in [-0.05, 0) is 36.8 Å². The van der Waals surface area contributed by atoms with Gasteiger partial charge in [-0.25, -0.2) is 4.98 Å². The Kier molecular flexibility index (Phi) is 5.59. The molecular formula is C17H27N3O. The first-order chi connectivity index (χ1) is 10.1. The Morgan fingerprint density at radius 3 is 2.71 bits per heavy atom. The Morgan fingerprint density at radius 1 is 1.33 bits per heavy atom. The highest BCUT2D eigenvalue weighted by molar-refractivity contribution is 5.95. The lowest BCUT2D eigenvalue weighted by Crippen LogP contribution is -2.25. The van der Waals surface area contributed by atoms with Gasteiger partial charge in [-0.1, -0.05) is 33.6 Å². The van der Waals surface area contributed by atoms with E-state index in [2.05, 4.69) is 36.4 Å². The number of hydrogen-bond acceptors (Lipinski definition) is 3. The summed E-state index contributed by atoms with van der Waals surface area (Å²) in [6, 6.07) is 3.77. The van der Waals surface area contributed by atoms with E-state index in [0.29, 0.717) is 11.5 Å². The third-order valence-electron chi connectivity index (χ3n) is 3.79. The fourth-order valence-electron chi connectivity index (χ4n) is 2.22. The lowest BCUT2D eigenvalue weighted by atomic mass is 10.1. The van der Waals surface area contributed by atoms with Gasteiger partial charge in [0.1, 0.15) is 5.82 Å². The normalized spacial score (nSPS) is 14.3. The van der Waals surface area contributed by atoms with E-state index in [0.717, 1.165) is 43.4 Å². The molecule has 1 heterocycles. The van der Waals surface area contributed by atoms with Crippen LogP contribution in [0.5, 0.6) is 0 Å². The fraction of sp³-hybridized carbons (Fsp3) is 0.647. The largest absolute Gasteiger partial charge is 0.370 e. The summed E-state index contributed by atoms with van der Waals surface area (Å²) in [5.41, 5.74) is 1.67. The molecule has 0 spiro atoms. The Morgan fingerprint density at radius 2 is 2.10 bits per heavy atom. The minimum absolute atomic E-state index is 0.0134. The second kappa shape index (κ2) is 7.43. The molecule has 0 bridgehead atoms. The smallest absolute Gasteiger partial charge is 0.251 e. The van der Waals surface area contributed by atoms with Crippen LogP contribution in [0.25, 0.3) is 0 Å². The Hall–Kier alpha value is -1.58. The number of nitrogens with zero attached hydrogens (tertiary/aromatic N) is 1. The van der Waals surface area contributed by atoms with E-state index in [1.54, 1.807) is 0 Å². The highest BCUT2D eigenvalue weighted by Gasteiger charge is 2.21. The van der Waals surface area contributed by atoms with Gasteiger partial charge in [0.05, 0.1) is 0 Å². The van der Waals surface area contributed by atoms with E-state index in [1.165, 1.54) is 12.8 Å². The zero-order chi connectivity index (χ0) is 15.2. The van der Waals surface area contributed by atoms with Gasteiger partial charge >= 0.3 is 0 Å². The zero-order valence-electron chi connectivity index (χ0n) is 13.4. The van der Waals surface area contributed by atoms with Crippen molar-refractivity contribution < 1.29 is 4.79 Å². The quantitative estimate of drug-likeness (QED) is 0.769. The second-order valence-electron chi connectivity index (χ2n) is 6.24. The van der Waals surface area contributed by atoms with E-state index < -0.39 is 0 Å². The van der Waals surface area contributed by atoms with Gasteiger partial charge in [-0.15, -0.1) is 0 Å². The maximum absolute atomic E-state index is 12.3. The molecule has 1 saturated carbocycles. The molecule has 1 fully saturated rings. The molecule has 2 rings (SSSR count). The topological polar surface area (TPSA) is 54.0 Å². The van der Waals surface area contributed by atoms with E-state index >= 15 is 0 Å². The van der Waals surface area contributed by atoms with Crippen LogP contribution < -0.4 is 10.6 Å². The molecule has 1 aliphatic carbocycles. The lowest BCUT2D eigenvalue weighted by molar-refractivity contribution is 0.0952. The molecule has 21 heavy (non-hydrogen) atoms. The Balaban J connectivity index is 2.03. The summed E-state index contributed by atoms with van der Waals surface area (Å²) in [6.07, 6.45) is 4.80. The molecule has 0 atom stereocenters. The molecule has 1 aliphatic rings. The molecule has 1 aromatic heterocycles. The predicted octanol–water partition coefficient (Wildman–Crippen LogP) is 3.56. The molecular weight excluding hydrogens is 262 g/mol. The van der Waals surface area contributed by atoms with Crippen molar-refractivity contribution in [1.29, 1.82) is 0 Å². The van der Waals surface area contributed by atoms with E-state index in [-0.39, 0.29) is 5.91 Å². The number of hydrogen-bond donors (Lipinski definition) is 2. The van der Waals surface area contributed by atoms with Crippen LogP contribution in [0.3, 0.4) is 0 Å². The van der Waals surface area contributed by atoms with E-state index in [4.69, 9.17) is 0 Å². The van der Waals surface area contributed by atoms with Crippen LogP contribution in [0.2, 0.25) is 0 Å². The number of rotatable bonds is 8. The Labute approximate surface area is 127 Å². The summed E-state index contributed by atoms with van der Waals surface area (Å²) < 4.78 is 0. The number of carbonyl (C=O) groups excluding carboxylic acids is 1. The lowest BCUT2D eigenvalue weighted by Gasteiger charge is -2.12. The molecule has 1 amide bonds. The molecule has 116 valence electrons. The van der Waals surface area contributed by atoms with Gasteiger partial charge in [-0.2, -0.15) is 0 Å². The summed E-state index contributed by atoms with van der Waals surface area (Å²) in [4.78, 5) is 16.9. The highest BCUT2D eigenvalue weighted by Crippen LogP contribution is 2.31. The summed E-state index contributed by atoms with van der Waals surface area (Å²) in [5, 5.41) is 6.30. The zero-order valence-corrected chi connectivity index (χ0v) is 13.4. The van der Waals surface area contributed by atoms with Crippen molar-refractivity contribution in [1.82, 2.24) is 10.3 Å². The van der Waals surface area contributed by atoms with E-state index in [1.807, 2.05) is 12.1 Å². The molecule has 0 unspecified atom stereocenters. The number of anilines is 1. The summed E-state index contributed by atoms with van der Waals surface area (Å²) >= 11 is 0. The van der Waals surface area contributed by atoms with Crippen molar-refractivity contribution in [2.24, 2.45) is 5.92 Å². The van der Waals surface area contributed by atoms with E-state index in [9.17, 15) is 4.79 Å². The maximum atomic E-state index is 12.3. The molecule has 1 aromatic rings. The highest BCUT2D eigenvalue weighted by atomic mass is 16.1. The van der Waals surface area contributed by atoms with Crippen molar-refractivity contribution in [3.05, 3.63) is 23.4 Å². The minimum Gasteiger partial charge on any atom is -0.370 e. The van der Waals surface area contributed by atoms with Crippen molar-refractivity contribution in [2.75, 3.05) is 18.4 Å². The van der Waals surface area contributed by atoms with Crippen LogP contribution in [0.4, 0.5) is 5.82 Å². The first-order valence-corrected chi connectivity index (χ1v) is 8.14. The van der Waals surface area contributed by atoms with Gasteiger partial charge in [0.15, 0.2) is 0 Å². The molecule has 0 aliphatic heterocycles. The number of pyridine rings is 1. The summed E-state index contributed by atoms with van der Waals surface area (Å²) in [6.45, 7) is 7.96. The van der Waals surface area contributed by atoms with Crippen molar-refractivity contribution >= 4 is 11.7 Å². The fourth-order valence-corrected chi connectivity index (χ4v) is 2.22. The molecule has 4 nitrogen and oxygen atoms in total. The second-order valence-corrected chi connectivity index (χ2v) is 6.24. The van der Waals surface area contributed by atoms with Crippen LogP contribution in [0.1, 0.15) is 68.4 Å². The first kappa shape index (κ1) is 15.8. The third kappa shape index (κ3) is 5.03. The average molecular weight is 289 g/mol. The number of amides is 1. The third-order valence-corrected chi connectivity index (χ3v) is 3.79. The number of aromatic nitrogens is 1. The van der Waals surface area contributed by atoms with Crippen molar-refractivity contribution in [3.8, 4) is 0 Å². The van der Waals surface area contributed by atoms with Gasteiger partial charge in [0.2, 0.25) is 0 Å². The molecule has 4 heteroatoms. The van der Waals surface area contributed by atoms with Crippen molar-refractivity contribution in [3.63, 3.8) is 0 Å². The van der Waals surface area contributed by atoms with Crippen LogP contribution in [0, 0.1) is 5.92 Å². The van der Waals surface area contributed by atoms with Crippen LogP contribution in [0.15, 0.2) is 12.1 Å². The monoisotopic (exact) mass is 289 g/mol. The molecule has 0 saturated heterocycles. The molecule has 0 aromatic carbocycles. The SMILES string of the molecule is CCCNc1cc(C(=O)NCCC2CC2)cc(C(C)C)n1. The minimum atomic E-state index is 0.0134. The predicted molar refractivity (Wildman–Crippen MR) is 86.8 cm³/mol. The number of carbonyl (C=O) groups is 1. The first-order valence-electron chi connectivity index (χ1n) is 8.14. The van der Waals surface area contributed by atoms with Gasteiger partial charge < -0.3 is 10.6 Å². The number of nitrogens with one attached hydrogen (secondary N) is 2. The average Bonchev–Trinajstić information content (AvgIpc) is 3.28. The van der Waals surface area contributed by atoms with Crippen molar-refractivity contribution in [2.45, 2.75) is 52.4 Å². The van der Waals surface area contributed by atoms with Crippen LogP contribution in [-0.4, -0.2) is 24.0 Å². The molecule has 0 radical (unpaired) electrons. The van der Waals surface area contributed by atoms with Gasteiger partial charge in [-0.3, -0.25) is 4.79 Å². The van der Waals surface area contributed by atoms with Crippen LogP contribution in [-0.2, 0) is 0 Å².